The summed E-state index contributed by atoms with van der Waals surface area (Å²) in [5, 5.41) is 0. The number of nitrogens with zero attached hydrogens (tertiary/aromatic N) is 2. The maximum atomic E-state index is 13.3. The average molecular weight is 457 g/mol. The largest absolute Gasteiger partial charge is 0.497 e. The molecular formula is C24H28N2O5S. The molecule has 0 saturated carbocycles. The molecule has 0 atom stereocenters. The summed E-state index contributed by atoms with van der Waals surface area (Å²) in [6.07, 6.45) is 1.45. The number of hydrogen-bond acceptors (Lipinski definition) is 6. The molecule has 0 bridgehead atoms. The van der Waals surface area contributed by atoms with E-state index in [1.54, 1.807) is 39.5 Å². The maximum Gasteiger partial charge on any atom is 0.261 e. The fourth-order valence-electron chi connectivity index (χ4n) is 4.48. The minimum Gasteiger partial charge on any atom is -0.497 e. The molecule has 2 amide bonds. The number of hydrogen-bond donors (Lipinski definition) is 0. The first kappa shape index (κ1) is 22.3. The number of ether oxygens (including phenoxy) is 3. The first-order valence-electron chi connectivity index (χ1n) is 10.6. The monoisotopic (exact) mass is 456 g/mol. The van der Waals surface area contributed by atoms with Gasteiger partial charge in [-0.3, -0.25) is 9.59 Å². The molecule has 0 aromatic heterocycles. The molecule has 0 radical (unpaired) electrons. The van der Waals surface area contributed by atoms with Crippen molar-refractivity contribution in [3.63, 3.8) is 0 Å². The van der Waals surface area contributed by atoms with Crippen LogP contribution >= 0.6 is 11.8 Å². The molecule has 170 valence electrons. The molecule has 1 spiro atoms. The Kier molecular flexibility index (Phi) is 6.50. The number of carbonyl (C=O) groups is 2. The highest BCUT2D eigenvalue weighted by atomic mass is 32.2. The van der Waals surface area contributed by atoms with Crippen LogP contribution in [0, 0.1) is 0 Å². The van der Waals surface area contributed by atoms with Gasteiger partial charge in [-0.15, -0.1) is 11.8 Å². The molecule has 8 heteroatoms. The average Bonchev–Trinajstić information content (AvgIpc) is 3.25. The number of amides is 2. The minimum atomic E-state index is -0.279. The van der Waals surface area contributed by atoms with Gasteiger partial charge in [0, 0.05) is 31.0 Å². The van der Waals surface area contributed by atoms with Crippen molar-refractivity contribution in [3.8, 4) is 17.2 Å². The summed E-state index contributed by atoms with van der Waals surface area (Å²) in [6.45, 7) is 1.85. The van der Waals surface area contributed by atoms with Crippen LogP contribution in [0.5, 0.6) is 17.2 Å². The summed E-state index contributed by atoms with van der Waals surface area (Å²) in [6, 6.07) is 12.6. The summed E-state index contributed by atoms with van der Waals surface area (Å²) in [4.78, 5) is 30.2. The SMILES string of the molecule is COc1ccc(C(=O)N2CCSC23CCN(C(=O)c2c(OC)cccc2OC)CC3)cc1. The Hall–Kier alpha value is -2.87. The Bertz CT molecular complexity index is 964. The van der Waals surface area contributed by atoms with E-state index in [1.165, 1.54) is 0 Å². The summed E-state index contributed by atoms with van der Waals surface area (Å²) >= 11 is 1.82. The van der Waals surface area contributed by atoms with Gasteiger partial charge < -0.3 is 24.0 Å². The van der Waals surface area contributed by atoms with E-state index in [9.17, 15) is 9.59 Å². The molecule has 2 aliphatic rings. The van der Waals surface area contributed by atoms with Crippen LogP contribution in [0.15, 0.2) is 42.5 Å². The lowest BCUT2D eigenvalue weighted by Crippen LogP contribution is -2.53. The number of benzene rings is 2. The summed E-state index contributed by atoms with van der Waals surface area (Å²) in [5.74, 6) is 2.55. The highest BCUT2D eigenvalue weighted by Gasteiger charge is 2.47. The first-order chi connectivity index (χ1) is 15.5. The normalized spacial score (nSPS) is 17.3. The van der Waals surface area contributed by atoms with Crippen molar-refractivity contribution in [2.75, 3.05) is 46.7 Å². The predicted octanol–water partition coefficient (Wildman–Crippen LogP) is 3.53. The van der Waals surface area contributed by atoms with Crippen LogP contribution in [0.1, 0.15) is 33.6 Å². The third-order valence-corrected chi connectivity index (χ3v) is 7.79. The van der Waals surface area contributed by atoms with Crippen molar-refractivity contribution in [1.29, 1.82) is 0 Å². The van der Waals surface area contributed by atoms with Crippen LogP contribution in [-0.4, -0.2) is 73.2 Å². The van der Waals surface area contributed by atoms with Crippen molar-refractivity contribution in [2.45, 2.75) is 17.7 Å². The van der Waals surface area contributed by atoms with Crippen molar-refractivity contribution < 1.29 is 23.8 Å². The fourth-order valence-corrected chi connectivity index (χ4v) is 5.93. The molecule has 2 saturated heterocycles. The lowest BCUT2D eigenvalue weighted by atomic mass is 9.99. The number of carbonyl (C=O) groups excluding carboxylic acids is 2. The van der Waals surface area contributed by atoms with Crippen LogP contribution < -0.4 is 14.2 Å². The van der Waals surface area contributed by atoms with Gasteiger partial charge in [0.2, 0.25) is 0 Å². The second kappa shape index (κ2) is 9.32. The van der Waals surface area contributed by atoms with E-state index in [0.717, 1.165) is 24.3 Å². The lowest BCUT2D eigenvalue weighted by Gasteiger charge is -2.44. The Labute approximate surface area is 192 Å². The molecule has 0 unspecified atom stereocenters. The summed E-state index contributed by atoms with van der Waals surface area (Å²) in [7, 11) is 4.71. The Balaban J connectivity index is 1.49. The van der Waals surface area contributed by atoms with Crippen LogP contribution in [0.2, 0.25) is 0 Å². The van der Waals surface area contributed by atoms with E-state index in [0.29, 0.717) is 42.3 Å². The van der Waals surface area contributed by atoms with E-state index in [-0.39, 0.29) is 16.7 Å². The van der Waals surface area contributed by atoms with Gasteiger partial charge in [0.15, 0.2) is 0 Å². The van der Waals surface area contributed by atoms with Crippen LogP contribution in [0.25, 0.3) is 0 Å². The van der Waals surface area contributed by atoms with Crippen LogP contribution in [0.4, 0.5) is 0 Å². The molecule has 4 rings (SSSR count). The third kappa shape index (κ3) is 3.99. The van der Waals surface area contributed by atoms with Crippen LogP contribution in [0.3, 0.4) is 0 Å². The molecule has 0 aliphatic carbocycles. The number of likely N-dealkylation sites (tertiary alicyclic amines) is 1. The van der Waals surface area contributed by atoms with Crippen molar-refractivity contribution >= 4 is 23.6 Å². The molecule has 2 aromatic carbocycles. The zero-order valence-corrected chi connectivity index (χ0v) is 19.4. The van der Waals surface area contributed by atoms with Gasteiger partial charge in [0.25, 0.3) is 11.8 Å². The lowest BCUT2D eigenvalue weighted by molar-refractivity contribution is 0.0495. The number of thioether (sulfide) groups is 1. The molecule has 2 heterocycles. The molecule has 2 fully saturated rings. The predicted molar refractivity (Wildman–Crippen MR) is 124 cm³/mol. The van der Waals surface area contributed by atoms with Gasteiger partial charge in [-0.1, -0.05) is 6.07 Å². The van der Waals surface area contributed by atoms with Gasteiger partial charge in [0.05, 0.1) is 26.2 Å². The maximum absolute atomic E-state index is 13.3. The molecule has 32 heavy (non-hydrogen) atoms. The highest BCUT2D eigenvalue weighted by molar-refractivity contribution is 8.00. The van der Waals surface area contributed by atoms with Gasteiger partial charge in [-0.2, -0.15) is 0 Å². The third-order valence-electron chi connectivity index (χ3n) is 6.23. The molecule has 2 aromatic rings. The van der Waals surface area contributed by atoms with E-state index in [2.05, 4.69) is 0 Å². The quantitative estimate of drug-likeness (QED) is 0.686. The van der Waals surface area contributed by atoms with Crippen molar-refractivity contribution in [1.82, 2.24) is 9.80 Å². The minimum absolute atomic E-state index is 0.0313. The second-order valence-electron chi connectivity index (χ2n) is 7.81. The zero-order valence-electron chi connectivity index (χ0n) is 18.6. The standard InChI is InChI=1S/C24H28N2O5S/c1-29-18-9-7-17(8-10-18)22(27)26-15-16-32-24(26)11-13-25(14-12-24)23(28)21-19(30-2)5-4-6-20(21)31-3/h4-10H,11-16H2,1-3H3. The topological polar surface area (TPSA) is 68.3 Å². The highest BCUT2D eigenvalue weighted by Crippen LogP contribution is 2.45. The number of rotatable bonds is 5. The Morgan fingerprint density at radius 3 is 2.03 bits per heavy atom. The van der Waals surface area contributed by atoms with E-state index < -0.39 is 0 Å². The van der Waals surface area contributed by atoms with Gasteiger partial charge in [0.1, 0.15) is 22.8 Å². The zero-order chi connectivity index (χ0) is 22.7. The van der Waals surface area contributed by atoms with Crippen molar-refractivity contribution in [3.05, 3.63) is 53.6 Å². The van der Waals surface area contributed by atoms with Crippen LogP contribution in [-0.2, 0) is 0 Å². The fraction of sp³-hybridized carbons (Fsp3) is 0.417. The summed E-state index contributed by atoms with van der Waals surface area (Å²) < 4.78 is 16.0. The molecule has 0 N–H and O–H groups in total. The Morgan fingerprint density at radius 1 is 0.844 bits per heavy atom. The van der Waals surface area contributed by atoms with Gasteiger partial charge in [-0.25, -0.2) is 0 Å². The van der Waals surface area contributed by atoms with E-state index in [4.69, 9.17) is 14.2 Å². The molecular weight excluding hydrogens is 428 g/mol. The van der Waals surface area contributed by atoms with Gasteiger partial charge >= 0.3 is 0 Å². The van der Waals surface area contributed by atoms with Crippen molar-refractivity contribution in [2.24, 2.45) is 0 Å². The first-order valence-corrected chi connectivity index (χ1v) is 11.6. The Morgan fingerprint density at radius 2 is 1.47 bits per heavy atom. The van der Waals surface area contributed by atoms with E-state index >= 15 is 0 Å². The van der Waals surface area contributed by atoms with E-state index in [1.807, 2.05) is 45.8 Å². The van der Waals surface area contributed by atoms with Gasteiger partial charge in [-0.05, 0) is 49.2 Å². The number of methoxy groups -OCH3 is 3. The summed E-state index contributed by atoms with van der Waals surface area (Å²) in [5.41, 5.74) is 1.10. The second-order valence-corrected chi connectivity index (χ2v) is 9.27. The number of piperidine rings is 1. The molecule has 7 nitrogen and oxygen atoms in total. The smallest absolute Gasteiger partial charge is 0.261 e. The molecule has 2 aliphatic heterocycles.